The van der Waals surface area contributed by atoms with Crippen LogP contribution in [0.25, 0.3) is 5.69 Å². The number of thioether (sulfide) groups is 1. The van der Waals surface area contributed by atoms with Crippen molar-refractivity contribution in [3.05, 3.63) is 76.2 Å². The first-order valence-electron chi connectivity index (χ1n) is 8.86. The van der Waals surface area contributed by atoms with Crippen molar-refractivity contribution in [1.82, 2.24) is 9.36 Å². The molecule has 5 nitrogen and oxygen atoms in total. The monoisotopic (exact) mass is 379 g/mol. The maximum Gasteiger partial charge on any atom is 0.297 e. The fraction of sp³-hybridized carbons (Fsp3) is 0.238. The fourth-order valence-electron chi connectivity index (χ4n) is 2.95. The Kier molecular flexibility index (Phi) is 4.90. The Balaban J connectivity index is 1.58. The SMILES string of the molecule is Cc1c(N=Cc2ccc(OC3CSC3)cc2)c(=O)n(-c2ccccc2)n1C. The molecule has 0 unspecified atom stereocenters. The van der Waals surface area contributed by atoms with Crippen molar-refractivity contribution in [2.75, 3.05) is 11.5 Å². The second kappa shape index (κ2) is 7.48. The minimum Gasteiger partial charge on any atom is -0.489 e. The fourth-order valence-corrected chi connectivity index (χ4v) is 3.51. The molecular weight excluding hydrogens is 358 g/mol. The summed E-state index contributed by atoms with van der Waals surface area (Å²) < 4.78 is 9.32. The molecule has 2 aromatic carbocycles. The molecule has 27 heavy (non-hydrogen) atoms. The quantitative estimate of drug-likeness (QED) is 0.635. The van der Waals surface area contributed by atoms with Crippen LogP contribution in [0.15, 0.2) is 64.4 Å². The zero-order valence-electron chi connectivity index (χ0n) is 15.3. The Morgan fingerprint density at radius 3 is 2.44 bits per heavy atom. The van der Waals surface area contributed by atoms with Gasteiger partial charge in [0, 0.05) is 24.8 Å². The van der Waals surface area contributed by atoms with Crippen LogP contribution in [0.2, 0.25) is 0 Å². The number of aromatic nitrogens is 2. The van der Waals surface area contributed by atoms with E-state index in [9.17, 15) is 4.79 Å². The van der Waals surface area contributed by atoms with Crippen molar-refractivity contribution in [3.8, 4) is 11.4 Å². The van der Waals surface area contributed by atoms with E-state index in [-0.39, 0.29) is 5.56 Å². The molecule has 0 spiro atoms. The van der Waals surface area contributed by atoms with Crippen molar-refractivity contribution < 1.29 is 4.74 Å². The highest BCUT2D eigenvalue weighted by Crippen LogP contribution is 2.24. The van der Waals surface area contributed by atoms with Crippen LogP contribution < -0.4 is 10.3 Å². The van der Waals surface area contributed by atoms with Crippen molar-refractivity contribution >= 4 is 23.7 Å². The molecule has 4 rings (SSSR count). The van der Waals surface area contributed by atoms with Crippen molar-refractivity contribution in [2.45, 2.75) is 13.0 Å². The van der Waals surface area contributed by atoms with Gasteiger partial charge in [-0.25, -0.2) is 9.67 Å². The predicted molar refractivity (Wildman–Crippen MR) is 111 cm³/mol. The molecule has 0 saturated carbocycles. The molecule has 1 aliphatic rings. The van der Waals surface area contributed by atoms with Gasteiger partial charge in [-0.1, -0.05) is 18.2 Å². The van der Waals surface area contributed by atoms with Crippen LogP contribution in [-0.2, 0) is 7.05 Å². The summed E-state index contributed by atoms with van der Waals surface area (Å²) in [4.78, 5) is 17.3. The van der Waals surface area contributed by atoms with Gasteiger partial charge in [0.05, 0.1) is 11.4 Å². The molecule has 0 N–H and O–H groups in total. The third kappa shape index (κ3) is 3.57. The number of aliphatic imine (C=N–C) groups is 1. The van der Waals surface area contributed by atoms with Gasteiger partial charge >= 0.3 is 0 Å². The summed E-state index contributed by atoms with van der Waals surface area (Å²) >= 11 is 1.90. The zero-order chi connectivity index (χ0) is 18.8. The molecule has 0 aliphatic carbocycles. The van der Waals surface area contributed by atoms with Gasteiger partial charge in [-0.05, 0) is 48.9 Å². The largest absolute Gasteiger partial charge is 0.489 e. The van der Waals surface area contributed by atoms with Gasteiger partial charge in [0.15, 0.2) is 5.69 Å². The molecule has 0 radical (unpaired) electrons. The molecule has 0 bridgehead atoms. The van der Waals surface area contributed by atoms with E-state index in [1.807, 2.05) is 85.0 Å². The van der Waals surface area contributed by atoms with Gasteiger partial charge in [-0.2, -0.15) is 11.8 Å². The van der Waals surface area contributed by atoms with Crippen LogP contribution in [0, 0.1) is 6.92 Å². The minimum absolute atomic E-state index is 0.125. The number of para-hydroxylation sites is 1. The molecule has 1 fully saturated rings. The van der Waals surface area contributed by atoms with Gasteiger partial charge in [0.25, 0.3) is 5.56 Å². The molecule has 0 amide bonds. The van der Waals surface area contributed by atoms with Crippen molar-refractivity contribution in [3.63, 3.8) is 0 Å². The molecular formula is C21H21N3O2S. The van der Waals surface area contributed by atoms with Gasteiger partial charge in [-0.3, -0.25) is 9.48 Å². The Hall–Kier alpha value is -2.73. The number of hydrogen-bond acceptors (Lipinski definition) is 4. The first kappa shape index (κ1) is 17.7. The van der Waals surface area contributed by atoms with Crippen LogP contribution in [0.4, 0.5) is 5.69 Å². The van der Waals surface area contributed by atoms with Gasteiger partial charge < -0.3 is 4.74 Å². The number of nitrogens with zero attached hydrogens (tertiary/aromatic N) is 3. The second-order valence-electron chi connectivity index (χ2n) is 6.51. The van der Waals surface area contributed by atoms with Gasteiger partial charge in [0.2, 0.25) is 0 Å². The summed E-state index contributed by atoms with van der Waals surface area (Å²) in [5.41, 5.74) is 2.90. The normalized spacial score (nSPS) is 14.4. The summed E-state index contributed by atoms with van der Waals surface area (Å²) in [7, 11) is 1.87. The lowest BCUT2D eigenvalue weighted by Gasteiger charge is -2.25. The highest BCUT2D eigenvalue weighted by Gasteiger charge is 2.19. The molecule has 2 heterocycles. The summed E-state index contributed by atoms with van der Waals surface area (Å²) in [6, 6.07) is 17.4. The Labute approximate surface area is 162 Å². The van der Waals surface area contributed by atoms with E-state index in [0.717, 1.165) is 34.2 Å². The van der Waals surface area contributed by atoms with Gasteiger partial charge in [-0.15, -0.1) is 0 Å². The average Bonchev–Trinajstić information content (AvgIpc) is 2.87. The lowest BCUT2D eigenvalue weighted by atomic mass is 10.2. The molecule has 138 valence electrons. The summed E-state index contributed by atoms with van der Waals surface area (Å²) in [6.45, 7) is 1.90. The summed E-state index contributed by atoms with van der Waals surface area (Å²) in [5.74, 6) is 2.99. The third-order valence-electron chi connectivity index (χ3n) is 4.66. The summed E-state index contributed by atoms with van der Waals surface area (Å²) in [6.07, 6.45) is 2.06. The van der Waals surface area contributed by atoms with Crippen LogP contribution in [-0.4, -0.2) is 33.2 Å². The number of rotatable bonds is 5. The molecule has 1 aliphatic heterocycles. The van der Waals surface area contributed by atoms with Gasteiger partial charge in [0.1, 0.15) is 11.9 Å². The maximum absolute atomic E-state index is 12.9. The molecule has 1 saturated heterocycles. The molecule has 3 aromatic rings. The van der Waals surface area contributed by atoms with E-state index in [1.165, 1.54) is 0 Å². The van der Waals surface area contributed by atoms with E-state index in [2.05, 4.69) is 4.99 Å². The van der Waals surface area contributed by atoms with Crippen LogP contribution in [0.1, 0.15) is 11.3 Å². The van der Waals surface area contributed by atoms with E-state index in [4.69, 9.17) is 4.74 Å². The molecule has 0 atom stereocenters. The lowest BCUT2D eigenvalue weighted by Crippen LogP contribution is -2.30. The smallest absolute Gasteiger partial charge is 0.297 e. The van der Waals surface area contributed by atoms with E-state index >= 15 is 0 Å². The van der Waals surface area contributed by atoms with E-state index in [0.29, 0.717) is 11.8 Å². The van der Waals surface area contributed by atoms with Crippen LogP contribution >= 0.6 is 11.8 Å². The number of benzene rings is 2. The Morgan fingerprint density at radius 1 is 1.11 bits per heavy atom. The highest BCUT2D eigenvalue weighted by atomic mass is 32.2. The second-order valence-corrected chi connectivity index (χ2v) is 7.59. The Morgan fingerprint density at radius 2 is 1.81 bits per heavy atom. The van der Waals surface area contributed by atoms with Crippen molar-refractivity contribution in [1.29, 1.82) is 0 Å². The van der Waals surface area contributed by atoms with Crippen LogP contribution in [0.3, 0.4) is 0 Å². The topological polar surface area (TPSA) is 48.5 Å². The standard InChI is InChI=1S/C21H21N3O2S/c1-15-20(21(25)24(23(15)2)17-6-4-3-5-7-17)22-12-16-8-10-18(11-9-16)26-19-13-27-14-19/h3-12,19H,13-14H2,1-2H3. The van der Waals surface area contributed by atoms with Crippen molar-refractivity contribution in [2.24, 2.45) is 12.0 Å². The summed E-state index contributed by atoms with van der Waals surface area (Å²) in [5, 5.41) is 0. The molecule has 6 heteroatoms. The average molecular weight is 379 g/mol. The molecule has 1 aromatic heterocycles. The minimum atomic E-state index is -0.125. The first-order chi connectivity index (χ1) is 13.1. The van der Waals surface area contributed by atoms with Crippen LogP contribution in [0.5, 0.6) is 5.75 Å². The van der Waals surface area contributed by atoms with E-state index in [1.54, 1.807) is 10.9 Å². The Bertz CT molecular complexity index is 1020. The van der Waals surface area contributed by atoms with E-state index < -0.39 is 0 Å². The highest BCUT2D eigenvalue weighted by molar-refractivity contribution is 8.00. The predicted octanol–water partition coefficient (Wildman–Crippen LogP) is 3.73. The lowest BCUT2D eigenvalue weighted by molar-refractivity contribution is 0.240. The number of ether oxygens (including phenoxy) is 1. The third-order valence-corrected chi connectivity index (χ3v) is 5.87. The first-order valence-corrected chi connectivity index (χ1v) is 10.0. The zero-order valence-corrected chi connectivity index (χ0v) is 16.1. The maximum atomic E-state index is 12.9. The number of hydrogen-bond donors (Lipinski definition) is 0.